The highest BCUT2D eigenvalue weighted by molar-refractivity contribution is 8.00. The molecule has 3 rings (SSSR count). The van der Waals surface area contributed by atoms with E-state index in [1.54, 1.807) is 4.90 Å². The van der Waals surface area contributed by atoms with Crippen molar-refractivity contribution in [1.29, 1.82) is 0 Å². The zero-order valence-corrected chi connectivity index (χ0v) is 16.3. The van der Waals surface area contributed by atoms with Gasteiger partial charge in [0.05, 0.1) is 4.87 Å². The fraction of sp³-hybridized carbons (Fsp3) is 0.556. The molecule has 0 aromatic heterocycles. The number of amides is 2. The molecule has 2 heterocycles. The minimum atomic E-state index is -1.01. The van der Waals surface area contributed by atoms with Gasteiger partial charge < -0.3 is 9.80 Å². The van der Waals surface area contributed by atoms with Crippen LogP contribution in [0, 0.1) is 0 Å². The molecule has 2 aliphatic rings. The first kappa shape index (κ1) is 18.9. The number of likely N-dealkylation sites (tertiary alicyclic amines) is 1. The smallest absolute Gasteiger partial charge is 0.255 e. The Morgan fingerprint density at radius 1 is 1.12 bits per heavy atom. The van der Waals surface area contributed by atoms with Crippen molar-refractivity contribution < 1.29 is 9.59 Å². The first-order valence-corrected chi connectivity index (χ1v) is 10.4. The van der Waals surface area contributed by atoms with Gasteiger partial charge in [-0.25, -0.2) is 0 Å². The molecule has 2 amide bonds. The number of piperidine rings is 1. The molecule has 0 N–H and O–H groups in total. The molecule has 2 fully saturated rings. The van der Waals surface area contributed by atoms with Gasteiger partial charge in [-0.15, -0.1) is 11.8 Å². The predicted molar refractivity (Wildman–Crippen MR) is 103 cm³/mol. The zero-order valence-electron chi connectivity index (χ0n) is 14.0. The molecule has 0 radical (unpaired) electrons. The number of hydrogen-bond donors (Lipinski definition) is 0. The Balaban J connectivity index is 1.59. The second-order valence-corrected chi connectivity index (χ2v) is 9.00. The van der Waals surface area contributed by atoms with Gasteiger partial charge in [-0.3, -0.25) is 9.59 Å². The van der Waals surface area contributed by atoms with Gasteiger partial charge in [-0.1, -0.05) is 53.5 Å². The maximum Gasteiger partial charge on any atom is 0.255 e. The van der Waals surface area contributed by atoms with Crippen LogP contribution in [0.25, 0.3) is 0 Å². The van der Waals surface area contributed by atoms with E-state index in [9.17, 15) is 9.59 Å². The van der Waals surface area contributed by atoms with E-state index in [0.29, 0.717) is 19.5 Å². The van der Waals surface area contributed by atoms with E-state index in [0.717, 1.165) is 31.6 Å². The highest BCUT2D eigenvalue weighted by atomic mass is 35.5. The van der Waals surface area contributed by atoms with Crippen molar-refractivity contribution in [2.45, 2.75) is 35.4 Å². The van der Waals surface area contributed by atoms with Gasteiger partial charge in [0, 0.05) is 31.8 Å². The van der Waals surface area contributed by atoms with E-state index < -0.39 is 4.84 Å². The molecule has 2 aliphatic heterocycles. The molecule has 0 bridgehead atoms. The second-order valence-electron chi connectivity index (χ2n) is 6.45. The van der Waals surface area contributed by atoms with Gasteiger partial charge in [0.15, 0.2) is 4.84 Å². The van der Waals surface area contributed by atoms with Crippen molar-refractivity contribution in [2.75, 3.05) is 25.4 Å². The van der Waals surface area contributed by atoms with Crippen LogP contribution in [0.15, 0.2) is 30.3 Å². The van der Waals surface area contributed by atoms with Crippen LogP contribution in [0.4, 0.5) is 0 Å². The summed E-state index contributed by atoms with van der Waals surface area (Å²) in [4.78, 5) is 27.3. The molecule has 25 heavy (non-hydrogen) atoms. The third kappa shape index (κ3) is 4.26. The third-order valence-corrected chi connectivity index (χ3v) is 6.92. The van der Waals surface area contributed by atoms with Gasteiger partial charge in [0.25, 0.3) is 5.91 Å². The quantitative estimate of drug-likeness (QED) is 0.727. The molecule has 7 heteroatoms. The van der Waals surface area contributed by atoms with E-state index >= 15 is 0 Å². The number of aryl methyl sites for hydroxylation is 1. The molecule has 1 aromatic rings. The molecule has 4 nitrogen and oxygen atoms in total. The fourth-order valence-corrected chi connectivity index (χ4v) is 5.37. The molecule has 1 spiro atoms. The normalized spacial score (nSPS) is 19.6. The Morgan fingerprint density at radius 3 is 2.44 bits per heavy atom. The zero-order chi connectivity index (χ0) is 17.9. The first-order chi connectivity index (χ1) is 12.0. The van der Waals surface area contributed by atoms with Crippen LogP contribution in [-0.2, 0) is 16.0 Å². The molecule has 2 saturated heterocycles. The predicted octanol–water partition coefficient (Wildman–Crippen LogP) is 3.32. The van der Waals surface area contributed by atoms with Gasteiger partial charge in [0.1, 0.15) is 0 Å². The maximum atomic E-state index is 12.8. The van der Waals surface area contributed by atoms with E-state index in [4.69, 9.17) is 23.2 Å². The van der Waals surface area contributed by atoms with Gasteiger partial charge in [0.2, 0.25) is 5.91 Å². The SMILES string of the molecule is O=C(C(Cl)Cl)N1CCC2(CC1)SCCN2C(=O)CCc1ccccc1. The number of carbonyl (C=O) groups excluding carboxylic acids is 2. The van der Waals surface area contributed by atoms with Gasteiger partial charge >= 0.3 is 0 Å². The van der Waals surface area contributed by atoms with Crippen molar-refractivity contribution in [3.8, 4) is 0 Å². The minimum absolute atomic E-state index is 0.168. The van der Waals surface area contributed by atoms with Crippen molar-refractivity contribution in [3.63, 3.8) is 0 Å². The highest BCUT2D eigenvalue weighted by Gasteiger charge is 2.46. The summed E-state index contributed by atoms with van der Waals surface area (Å²) in [6, 6.07) is 10.1. The van der Waals surface area contributed by atoms with E-state index in [2.05, 4.69) is 12.1 Å². The number of halogens is 2. The lowest BCUT2D eigenvalue weighted by atomic mass is 10.0. The summed E-state index contributed by atoms with van der Waals surface area (Å²) in [6.45, 7) is 1.99. The van der Waals surface area contributed by atoms with E-state index in [1.165, 1.54) is 5.56 Å². The monoisotopic (exact) mass is 400 g/mol. The Bertz CT molecular complexity index is 619. The number of carbonyl (C=O) groups is 2. The summed E-state index contributed by atoms with van der Waals surface area (Å²) in [5.74, 6) is 0.933. The molecule has 0 atom stereocenters. The fourth-order valence-electron chi connectivity index (χ4n) is 3.62. The van der Waals surface area contributed by atoms with Crippen LogP contribution in [-0.4, -0.2) is 56.7 Å². The van der Waals surface area contributed by atoms with Crippen LogP contribution in [0.5, 0.6) is 0 Å². The molecular weight excluding hydrogens is 379 g/mol. The number of alkyl halides is 2. The van der Waals surface area contributed by atoms with Crippen LogP contribution >= 0.6 is 35.0 Å². The third-order valence-electron chi connectivity index (χ3n) is 4.99. The Hall–Kier alpha value is -0.910. The molecule has 0 aliphatic carbocycles. The molecule has 1 aromatic carbocycles. The van der Waals surface area contributed by atoms with Crippen molar-refractivity contribution in [3.05, 3.63) is 35.9 Å². The summed E-state index contributed by atoms with van der Waals surface area (Å²) in [6.07, 6.45) is 2.85. The van der Waals surface area contributed by atoms with E-state index in [-0.39, 0.29) is 16.7 Å². The number of thioether (sulfide) groups is 1. The van der Waals surface area contributed by atoms with Gasteiger partial charge in [-0.05, 0) is 24.8 Å². The second kappa shape index (κ2) is 8.19. The van der Waals surface area contributed by atoms with Crippen molar-refractivity contribution in [2.24, 2.45) is 0 Å². The summed E-state index contributed by atoms with van der Waals surface area (Å²) < 4.78 is 0. The van der Waals surface area contributed by atoms with Crippen molar-refractivity contribution >= 4 is 46.8 Å². The van der Waals surface area contributed by atoms with Gasteiger partial charge in [-0.2, -0.15) is 0 Å². The lowest BCUT2D eigenvalue weighted by Crippen LogP contribution is -2.54. The minimum Gasteiger partial charge on any atom is -0.340 e. The average molecular weight is 401 g/mol. The van der Waals surface area contributed by atoms with Crippen LogP contribution in [0.3, 0.4) is 0 Å². The molecule has 0 saturated carbocycles. The standard InChI is InChI=1S/C18H22Cl2N2O2S/c19-16(20)17(24)21-10-8-18(9-11-21)22(12-13-25-18)15(23)7-6-14-4-2-1-3-5-14/h1-5,16H,6-13H2. The van der Waals surface area contributed by atoms with Crippen LogP contribution in [0.2, 0.25) is 0 Å². The number of hydrogen-bond acceptors (Lipinski definition) is 3. The topological polar surface area (TPSA) is 40.6 Å². The molecular formula is C18H22Cl2N2O2S. The van der Waals surface area contributed by atoms with Crippen molar-refractivity contribution in [1.82, 2.24) is 9.80 Å². The summed E-state index contributed by atoms with van der Waals surface area (Å²) in [5, 5.41) is 0. The summed E-state index contributed by atoms with van der Waals surface area (Å²) in [7, 11) is 0. The number of benzene rings is 1. The Labute approximate surface area is 162 Å². The summed E-state index contributed by atoms with van der Waals surface area (Å²) in [5.41, 5.74) is 1.19. The lowest BCUT2D eigenvalue weighted by molar-refractivity contribution is -0.136. The average Bonchev–Trinajstić information content (AvgIpc) is 3.03. The lowest BCUT2D eigenvalue weighted by Gasteiger charge is -2.44. The largest absolute Gasteiger partial charge is 0.340 e. The number of rotatable bonds is 4. The Kier molecular flexibility index (Phi) is 6.18. The summed E-state index contributed by atoms with van der Waals surface area (Å²) >= 11 is 13.2. The Morgan fingerprint density at radius 2 is 1.80 bits per heavy atom. The van der Waals surface area contributed by atoms with E-state index in [1.807, 2.05) is 34.9 Å². The maximum absolute atomic E-state index is 12.8. The molecule has 136 valence electrons. The number of nitrogens with zero attached hydrogens (tertiary/aromatic N) is 2. The van der Waals surface area contributed by atoms with Crippen LogP contribution < -0.4 is 0 Å². The first-order valence-electron chi connectivity index (χ1n) is 8.57. The van der Waals surface area contributed by atoms with Crippen LogP contribution in [0.1, 0.15) is 24.8 Å². The molecule has 0 unspecified atom stereocenters. The highest BCUT2D eigenvalue weighted by Crippen LogP contribution is 2.44.